The van der Waals surface area contributed by atoms with E-state index in [1.54, 1.807) is 0 Å². The largest absolute Gasteiger partial charge is 0.494 e. The summed E-state index contributed by atoms with van der Waals surface area (Å²) in [6, 6.07) is 8.14. The number of hydrogen-bond acceptors (Lipinski definition) is 2. The molecule has 1 unspecified atom stereocenters. The van der Waals surface area contributed by atoms with E-state index in [2.05, 4.69) is 19.6 Å². The molecule has 0 bridgehead atoms. The average Bonchev–Trinajstić information content (AvgIpc) is 2.33. The van der Waals surface area contributed by atoms with Crippen molar-refractivity contribution in [3.05, 3.63) is 42.0 Å². The first-order chi connectivity index (χ1) is 8.13. The minimum absolute atomic E-state index is 0.0666. The van der Waals surface area contributed by atoms with E-state index in [0.717, 1.165) is 37.2 Å². The molecule has 1 aromatic rings. The summed E-state index contributed by atoms with van der Waals surface area (Å²) in [5.41, 5.74) is 8.46. The highest BCUT2D eigenvalue weighted by atomic mass is 16.5. The highest BCUT2D eigenvalue weighted by Gasteiger charge is 2.06. The highest BCUT2D eigenvalue weighted by Crippen LogP contribution is 2.22. The predicted octanol–water partition coefficient (Wildman–Crippen LogP) is 3.83. The van der Waals surface area contributed by atoms with Crippen molar-refractivity contribution in [3.8, 4) is 5.75 Å². The van der Waals surface area contributed by atoms with Crippen LogP contribution in [-0.4, -0.2) is 6.61 Å². The summed E-state index contributed by atoms with van der Waals surface area (Å²) >= 11 is 0. The van der Waals surface area contributed by atoms with E-state index in [9.17, 15) is 0 Å². The summed E-state index contributed by atoms with van der Waals surface area (Å²) in [6.45, 7) is 8.79. The summed E-state index contributed by atoms with van der Waals surface area (Å²) in [6.07, 6.45) is 2.93. The second kappa shape index (κ2) is 7.13. The van der Waals surface area contributed by atoms with Gasteiger partial charge in [0.2, 0.25) is 0 Å². The van der Waals surface area contributed by atoms with Crippen molar-refractivity contribution in [2.75, 3.05) is 6.61 Å². The van der Waals surface area contributed by atoms with E-state index < -0.39 is 0 Å². The van der Waals surface area contributed by atoms with Gasteiger partial charge in [-0.2, -0.15) is 0 Å². The van der Waals surface area contributed by atoms with Crippen LogP contribution in [0.1, 0.15) is 44.7 Å². The summed E-state index contributed by atoms with van der Waals surface area (Å²) in [7, 11) is 0. The Morgan fingerprint density at radius 2 is 2.24 bits per heavy atom. The van der Waals surface area contributed by atoms with Crippen LogP contribution in [0.4, 0.5) is 0 Å². The summed E-state index contributed by atoms with van der Waals surface area (Å²) in [5, 5.41) is 0. The number of allylic oxidation sites excluding steroid dienone is 1. The lowest BCUT2D eigenvalue weighted by Crippen LogP contribution is -2.10. The SMILES string of the molecule is C=C(C)CCC(N)c1cccc(OCCC)c1. The molecular formula is C15H23NO. The first kappa shape index (κ1) is 13.8. The van der Waals surface area contributed by atoms with E-state index in [4.69, 9.17) is 10.5 Å². The molecule has 0 aliphatic heterocycles. The molecule has 17 heavy (non-hydrogen) atoms. The smallest absolute Gasteiger partial charge is 0.119 e. The fourth-order valence-electron chi connectivity index (χ4n) is 1.62. The Hall–Kier alpha value is -1.28. The Labute approximate surface area is 104 Å². The molecule has 0 aromatic heterocycles. The normalized spacial score (nSPS) is 12.2. The van der Waals surface area contributed by atoms with Crippen LogP contribution in [0.15, 0.2) is 36.4 Å². The number of benzene rings is 1. The lowest BCUT2D eigenvalue weighted by molar-refractivity contribution is 0.317. The first-order valence-electron chi connectivity index (χ1n) is 6.26. The molecule has 1 atom stereocenters. The quantitative estimate of drug-likeness (QED) is 0.726. The van der Waals surface area contributed by atoms with Crippen molar-refractivity contribution in [1.82, 2.24) is 0 Å². The van der Waals surface area contributed by atoms with Crippen molar-refractivity contribution in [2.24, 2.45) is 5.73 Å². The maximum Gasteiger partial charge on any atom is 0.119 e. The fraction of sp³-hybridized carbons (Fsp3) is 0.467. The Morgan fingerprint density at radius 1 is 1.47 bits per heavy atom. The Morgan fingerprint density at radius 3 is 2.88 bits per heavy atom. The molecule has 0 spiro atoms. The molecule has 0 radical (unpaired) electrons. The molecule has 2 N–H and O–H groups in total. The highest BCUT2D eigenvalue weighted by molar-refractivity contribution is 5.30. The van der Waals surface area contributed by atoms with Crippen LogP contribution in [0.2, 0.25) is 0 Å². The number of rotatable bonds is 7. The van der Waals surface area contributed by atoms with Crippen LogP contribution in [0.3, 0.4) is 0 Å². The van der Waals surface area contributed by atoms with Gasteiger partial charge < -0.3 is 10.5 Å². The van der Waals surface area contributed by atoms with Gasteiger partial charge in [-0.05, 0) is 43.9 Å². The second-order valence-corrected chi connectivity index (χ2v) is 4.52. The van der Waals surface area contributed by atoms with Crippen molar-refractivity contribution >= 4 is 0 Å². The standard InChI is InChI=1S/C15H23NO/c1-4-10-17-14-7-5-6-13(11-14)15(16)9-8-12(2)3/h5-7,11,15H,2,4,8-10,16H2,1,3H3. The molecule has 0 heterocycles. The van der Waals surface area contributed by atoms with Gasteiger partial charge in [0.15, 0.2) is 0 Å². The average molecular weight is 233 g/mol. The van der Waals surface area contributed by atoms with Gasteiger partial charge in [0.1, 0.15) is 5.75 Å². The van der Waals surface area contributed by atoms with Crippen LogP contribution in [-0.2, 0) is 0 Å². The second-order valence-electron chi connectivity index (χ2n) is 4.52. The zero-order valence-corrected chi connectivity index (χ0v) is 10.9. The number of hydrogen-bond donors (Lipinski definition) is 1. The molecule has 2 heteroatoms. The summed E-state index contributed by atoms with van der Waals surface area (Å²) < 4.78 is 5.60. The van der Waals surface area contributed by atoms with Crippen LogP contribution in [0.5, 0.6) is 5.75 Å². The Kier molecular flexibility index (Phi) is 5.78. The van der Waals surface area contributed by atoms with Crippen LogP contribution in [0, 0.1) is 0 Å². The van der Waals surface area contributed by atoms with E-state index in [0.29, 0.717) is 0 Å². The molecule has 0 saturated carbocycles. The zero-order valence-electron chi connectivity index (χ0n) is 10.9. The van der Waals surface area contributed by atoms with Crippen molar-refractivity contribution in [1.29, 1.82) is 0 Å². The Bertz CT molecular complexity index is 360. The molecule has 0 fully saturated rings. The topological polar surface area (TPSA) is 35.2 Å². The third-order valence-electron chi connectivity index (χ3n) is 2.64. The van der Waals surface area contributed by atoms with Gasteiger partial charge in [-0.15, -0.1) is 6.58 Å². The zero-order chi connectivity index (χ0) is 12.7. The lowest BCUT2D eigenvalue weighted by Gasteiger charge is -2.13. The molecule has 1 aromatic carbocycles. The van der Waals surface area contributed by atoms with Crippen LogP contribution < -0.4 is 10.5 Å². The van der Waals surface area contributed by atoms with E-state index in [1.807, 2.05) is 25.1 Å². The van der Waals surface area contributed by atoms with E-state index in [1.165, 1.54) is 5.57 Å². The summed E-state index contributed by atoms with van der Waals surface area (Å²) in [5.74, 6) is 0.912. The van der Waals surface area contributed by atoms with E-state index >= 15 is 0 Å². The minimum Gasteiger partial charge on any atom is -0.494 e. The van der Waals surface area contributed by atoms with Gasteiger partial charge in [-0.1, -0.05) is 24.6 Å². The number of ether oxygens (including phenoxy) is 1. The molecule has 0 saturated heterocycles. The van der Waals surface area contributed by atoms with E-state index in [-0.39, 0.29) is 6.04 Å². The van der Waals surface area contributed by atoms with Crippen LogP contribution in [0.25, 0.3) is 0 Å². The minimum atomic E-state index is 0.0666. The van der Waals surface area contributed by atoms with Gasteiger partial charge in [-0.25, -0.2) is 0 Å². The van der Waals surface area contributed by atoms with Gasteiger partial charge >= 0.3 is 0 Å². The third kappa shape index (κ3) is 5.05. The Balaban J connectivity index is 2.60. The van der Waals surface area contributed by atoms with Crippen LogP contribution >= 0.6 is 0 Å². The van der Waals surface area contributed by atoms with Gasteiger partial charge in [0.25, 0.3) is 0 Å². The van der Waals surface area contributed by atoms with Gasteiger partial charge in [0.05, 0.1) is 6.61 Å². The molecule has 0 aliphatic carbocycles. The van der Waals surface area contributed by atoms with Crippen molar-refractivity contribution in [3.63, 3.8) is 0 Å². The number of nitrogens with two attached hydrogens (primary N) is 1. The van der Waals surface area contributed by atoms with Crippen molar-refractivity contribution in [2.45, 2.75) is 39.2 Å². The molecule has 0 amide bonds. The maximum absolute atomic E-state index is 6.14. The molecule has 94 valence electrons. The first-order valence-corrected chi connectivity index (χ1v) is 6.26. The van der Waals surface area contributed by atoms with Gasteiger partial charge in [-0.3, -0.25) is 0 Å². The molecule has 1 rings (SSSR count). The van der Waals surface area contributed by atoms with Gasteiger partial charge in [0, 0.05) is 6.04 Å². The predicted molar refractivity (Wildman–Crippen MR) is 73.2 cm³/mol. The van der Waals surface area contributed by atoms with Crippen molar-refractivity contribution < 1.29 is 4.74 Å². The monoisotopic (exact) mass is 233 g/mol. The lowest BCUT2D eigenvalue weighted by atomic mass is 10.0. The molecule has 0 aliphatic rings. The third-order valence-corrected chi connectivity index (χ3v) is 2.64. The fourth-order valence-corrected chi connectivity index (χ4v) is 1.62. The molecule has 2 nitrogen and oxygen atoms in total. The maximum atomic E-state index is 6.14. The summed E-state index contributed by atoms with van der Waals surface area (Å²) in [4.78, 5) is 0. The molecular weight excluding hydrogens is 210 g/mol.